The standard InChI is InChI=1S/C9H16N2O3/c10-6-3-7(12)11-9(8(13)14)4-1-2-5-9/h1-6,10H2,(H,11,12)(H,13,14). The van der Waals surface area contributed by atoms with Crippen LogP contribution in [0.1, 0.15) is 32.1 Å². The summed E-state index contributed by atoms with van der Waals surface area (Å²) in [7, 11) is 0. The molecule has 1 aliphatic carbocycles. The van der Waals surface area contributed by atoms with Gasteiger partial charge >= 0.3 is 5.97 Å². The Morgan fingerprint density at radius 1 is 1.36 bits per heavy atom. The van der Waals surface area contributed by atoms with Crippen molar-refractivity contribution in [3.8, 4) is 0 Å². The largest absolute Gasteiger partial charge is 0.480 e. The fraction of sp³-hybridized carbons (Fsp3) is 0.778. The second-order valence-corrected chi connectivity index (χ2v) is 3.68. The minimum atomic E-state index is -1.02. The second kappa shape index (κ2) is 4.41. The normalized spacial score (nSPS) is 19.2. The third-order valence-electron chi connectivity index (χ3n) is 2.62. The highest BCUT2D eigenvalue weighted by molar-refractivity contribution is 5.87. The van der Waals surface area contributed by atoms with Gasteiger partial charge in [-0.05, 0) is 12.8 Å². The lowest BCUT2D eigenvalue weighted by molar-refractivity contribution is -0.147. The first-order valence-electron chi connectivity index (χ1n) is 4.85. The molecule has 5 heteroatoms. The zero-order chi connectivity index (χ0) is 10.6. The number of rotatable bonds is 4. The van der Waals surface area contributed by atoms with Crippen molar-refractivity contribution in [1.29, 1.82) is 0 Å². The summed E-state index contributed by atoms with van der Waals surface area (Å²) in [5.74, 6) is -1.20. The van der Waals surface area contributed by atoms with Crippen molar-refractivity contribution in [2.45, 2.75) is 37.6 Å². The molecular formula is C9H16N2O3. The fourth-order valence-corrected chi connectivity index (χ4v) is 1.83. The van der Waals surface area contributed by atoms with Crippen molar-refractivity contribution >= 4 is 11.9 Å². The number of carboxylic acid groups (broad SMARTS) is 1. The van der Waals surface area contributed by atoms with Gasteiger partial charge in [0, 0.05) is 13.0 Å². The first kappa shape index (κ1) is 11.0. The van der Waals surface area contributed by atoms with Gasteiger partial charge in [-0.1, -0.05) is 12.8 Å². The molecule has 0 atom stereocenters. The quantitative estimate of drug-likeness (QED) is 0.588. The van der Waals surface area contributed by atoms with Crippen LogP contribution in [0.5, 0.6) is 0 Å². The van der Waals surface area contributed by atoms with Crippen LogP contribution in [0.25, 0.3) is 0 Å². The van der Waals surface area contributed by atoms with E-state index in [1.807, 2.05) is 0 Å². The van der Waals surface area contributed by atoms with E-state index >= 15 is 0 Å². The molecule has 4 N–H and O–H groups in total. The Morgan fingerprint density at radius 3 is 2.36 bits per heavy atom. The lowest BCUT2D eigenvalue weighted by atomic mass is 9.97. The molecular weight excluding hydrogens is 184 g/mol. The van der Waals surface area contributed by atoms with E-state index in [-0.39, 0.29) is 18.9 Å². The zero-order valence-electron chi connectivity index (χ0n) is 8.08. The summed E-state index contributed by atoms with van der Waals surface area (Å²) in [6, 6.07) is 0. The van der Waals surface area contributed by atoms with Gasteiger partial charge in [-0.2, -0.15) is 0 Å². The number of nitrogens with two attached hydrogens (primary N) is 1. The van der Waals surface area contributed by atoms with Gasteiger partial charge in [-0.3, -0.25) is 4.79 Å². The smallest absolute Gasteiger partial charge is 0.329 e. The molecule has 0 saturated heterocycles. The average Bonchev–Trinajstić information content (AvgIpc) is 2.54. The Bertz CT molecular complexity index is 234. The van der Waals surface area contributed by atoms with Gasteiger partial charge in [0.05, 0.1) is 0 Å². The van der Waals surface area contributed by atoms with Gasteiger partial charge in [0.2, 0.25) is 5.91 Å². The van der Waals surface area contributed by atoms with Crippen LogP contribution >= 0.6 is 0 Å². The van der Waals surface area contributed by atoms with E-state index < -0.39 is 11.5 Å². The van der Waals surface area contributed by atoms with E-state index in [0.717, 1.165) is 12.8 Å². The van der Waals surface area contributed by atoms with Crippen LogP contribution in [-0.2, 0) is 9.59 Å². The lowest BCUT2D eigenvalue weighted by Gasteiger charge is -2.25. The fourth-order valence-electron chi connectivity index (χ4n) is 1.83. The summed E-state index contributed by atoms with van der Waals surface area (Å²) >= 11 is 0. The molecule has 1 amide bonds. The van der Waals surface area contributed by atoms with Gasteiger partial charge in [0.15, 0.2) is 0 Å². The molecule has 80 valence electrons. The van der Waals surface area contributed by atoms with E-state index in [1.54, 1.807) is 0 Å². The van der Waals surface area contributed by atoms with Gasteiger partial charge in [-0.15, -0.1) is 0 Å². The molecule has 0 radical (unpaired) electrons. The Morgan fingerprint density at radius 2 is 1.93 bits per heavy atom. The number of hydrogen-bond acceptors (Lipinski definition) is 3. The van der Waals surface area contributed by atoms with Gasteiger partial charge in [0.25, 0.3) is 0 Å². The predicted octanol–water partition coefficient (Wildman–Crippen LogP) is -0.151. The maximum atomic E-state index is 11.3. The highest BCUT2D eigenvalue weighted by atomic mass is 16.4. The molecule has 0 unspecified atom stereocenters. The molecule has 0 aromatic rings. The minimum Gasteiger partial charge on any atom is -0.480 e. The highest BCUT2D eigenvalue weighted by Gasteiger charge is 2.42. The molecule has 1 fully saturated rings. The molecule has 0 aromatic carbocycles. The Kier molecular flexibility index (Phi) is 3.46. The van der Waals surface area contributed by atoms with E-state index in [4.69, 9.17) is 10.8 Å². The Balaban J connectivity index is 2.60. The van der Waals surface area contributed by atoms with Crippen LogP contribution in [-0.4, -0.2) is 29.1 Å². The molecule has 1 rings (SSSR count). The average molecular weight is 200 g/mol. The van der Waals surface area contributed by atoms with Crippen molar-refractivity contribution in [3.63, 3.8) is 0 Å². The second-order valence-electron chi connectivity index (χ2n) is 3.68. The maximum Gasteiger partial charge on any atom is 0.329 e. The van der Waals surface area contributed by atoms with Crippen LogP contribution in [0.2, 0.25) is 0 Å². The third-order valence-corrected chi connectivity index (χ3v) is 2.62. The van der Waals surface area contributed by atoms with Gasteiger partial charge in [0.1, 0.15) is 5.54 Å². The third kappa shape index (κ3) is 2.23. The van der Waals surface area contributed by atoms with Gasteiger partial charge < -0.3 is 16.2 Å². The van der Waals surface area contributed by atoms with Crippen molar-refractivity contribution in [2.24, 2.45) is 5.73 Å². The Hall–Kier alpha value is -1.10. The van der Waals surface area contributed by atoms with Crippen molar-refractivity contribution in [1.82, 2.24) is 5.32 Å². The summed E-state index contributed by atoms with van der Waals surface area (Å²) < 4.78 is 0. The number of aliphatic carboxylic acids is 1. The van der Waals surface area contributed by atoms with Crippen LogP contribution in [0, 0.1) is 0 Å². The first-order valence-corrected chi connectivity index (χ1v) is 4.85. The van der Waals surface area contributed by atoms with Crippen LogP contribution in [0.3, 0.4) is 0 Å². The van der Waals surface area contributed by atoms with E-state index in [9.17, 15) is 9.59 Å². The number of carboxylic acids is 1. The number of carbonyl (C=O) groups excluding carboxylic acids is 1. The molecule has 14 heavy (non-hydrogen) atoms. The molecule has 5 nitrogen and oxygen atoms in total. The van der Waals surface area contributed by atoms with Crippen LogP contribution in [0.15, 0.2) is 0 Å². The molecule has 0 bridgehead atoms. The van der Waals surface area contributed by atoms with E-state index in [2.05, 4.69) is 5.32 Å². The van der Waals surface area contributed by atoms with E-state index in [1.165, 1.54) is 0 Å². The van der Waals surface area contributed by atoms with Gasteiger partial charge in [-0.25, -0.2) is 4.79 Å². The molecule has 0 aliphatic heterocycles. The minimum absolute atomic E-state index is 0.190. The van der Waals surface area contributed by atoms with Crippen LogP contribution < -0.4 is 11.1 Å². The zero-order valence-corrected chi connectivity index (χ0v) is 8.08. The Labute approximate surface area is 82.7 Å². The number of nitrogens with one attached hydrogen (secondary N) is 1. The summed E-state index contributed by atoms with van der Waals surface area (Å²) in [5.41, 5.74) is 4.19. The van der Waals surface area contributed by atoms with Crippen LogP contribution in [0.4, 0.5) is 0 Å². The van der Waals surface area contributed by atoms with Crippen molar-refractivity contribution in [3.05, 3.63) is 0 Å². The number of carbonyl (C=O) groups is 2. The molecule has 0 aromatic heterocycles. The monoisotopic (exact) mass is 200 g/mol. The lowest BCUT2D eigenvalue weighted by Crippen LogP contribution is -2.52. The van der Waals surface area contributed by atoms with E-state index in [0.29, 0.717) is 12.8 Å². The highest BCUT2D eigenvalue weighted by Crippen LogP contribution is 2.29. The number of hydrogen-bond donors (Lipinski definition) is 3. The molecule has 1 saturated carbocycles. The number of amides is 1. The summed E-state index contributed by atoms with van der Waals surface area (Å²) in [4.78, 5) is 22.3. The summed E-state index contributed by atoms with van der Waals surface area (Å²) in [6.45, 7) is 0.252. The first-order chi connectivity index (χ1) is 6.60. The maximum absolute atomic E-state index is 11.3. The summed E-state index contributed by atoms with van der Waals surface area (Å²) in [6.07, 6.45) is 2.96. The predicted molar refractivity (Wildman–Crippen MR) is 50.6 cm³/mol. The molecule has 0 heterocycles. The molecule has 0 spiro atoms. The molecule has 1 aliphatic rings. The summed E-state index contributed by atoms with van der Waals surface area (Å²) in [5, 5.41) is 11.6. The van der Waals surface area contributed by atoms with Crippen molar-refractivity contribution < 1.29 is 14.7 Å². The topological polar surface area (TPSA) is 92.4 Å². The SMILES string of the molecule is NCCC(=O)NC1(C(=O)O)CCCC1. The van der Waals surface area contributed by atoms with Crippen molar-refractivity contribution in [2.75, 3.05) is 6.54 Å².